The van der Waals surface area contributed by atoms with Crippen LogP contribution >= 0.6 is 23.5 Å². The molecule has 0 saturated heterocycles. The molecule has 2 aromatic heterocycles. The molecule has 0 saturated carbocycles. The van der Waals surface area contributed by atoms with Crippen molar-refractivity contribution < 1.29 is 4.79 Å². The fraction of sp³-hybridized carbons (Fsp3) is 0.217. The summed E-state index contributed by atoms with van der Waals surface area (Å²) in [5.74, 6) is 1.70. The molecule has 1 aliphatic rings. The van der Waals surface area contributed by atoms with E-state index in [1.165, 1.54) is 11.8 Å². The molecule has 8 heteroatoms. The molecule has 0 N–H and O–H groups in total. The number of para-hydroxylation sites is 1. The summed E-state index contributed by atoms with van der Waals surface area (Å²) in [6, 6.07) is 20.3. The lowest BCUT2D eigenvalue weighted by Gasteiger charge is -2.37. The summed E-state index contributed by atoms with van der Waals surface area (Å²) >= 11 is 3.15. The molecule has 3 heterocycles. The van der Waals surface area contributed by atoms with Gasteiger partial charge in [0.15, 0.2) is 0 Å². The normalized spacial score (nSPS) is 15.8. The van der Waals surface area contributed by atoms with E-state index in [1.807, 2.05) is 61.2 Å². The van der Waals surface area contributed by atoms with Crippen molar-refractivity contribution in [3.63, 3.8) is 0 Å². The highest BCUT2D eigenvalue weighted by Crippen LogP contribution is 2.43. The van der Waals surface area contributed by atoms with Crippen molar-refractivity contribution in [3.8, 4) is 0 Å². The third-order valence-electron chi connectivity index (χ3n) is 5.21. The van der Waals surface area contributed by atoms with Crippen LogP contribution in [0.15, 0.2) is 70.7 Å². The van der Waals surface area contributed by atoms with Crippen LogP contribution in [-0.4, -0.2) is 37.0 Å². The lowest BCUT2D eigenvalue weighted by molar-refractivity contribution is -0.116. The molecule has 0 spiro atoms. The van der Waals surface area contributed by atoms with Gasteiger partial charge >= 0.3 is 0 Å². The number of nitrogens with zero attached hydrogens (tertiary/aromatic N) is 5. The second kappa shape index (κ2) is 8.36. The van der Waals surface area contributed by atoms with Crippen LogP contribution in [0.3, 0.4) is 0 Å². The molecule has 0 fully saturated rings. The van der Waals surface area contributed by atoms with Gasteiger partial charge in [-0.3, -0.25) is 4.79 Å². The molecule has 1 amide bonds. The Kier molecular flexibility index (Phi) is 5.41. The van der Waals surface area contributed by atoms with Gasteiger partial charge in [0.05, 0.1) is 17.5 Å². The van der Waals surface area contributed by atoms with E-state index >= 15 is 0 Å². The number of carbonyl (C=O) groups excluding carboxylic acids is 1. The molecule has 0 radical (unpaired) electrons. The summed E-state index contributed by atoms with van der Waals surface area (Å²) in [5.41, 5.74) is 3.98. The van der Waals surface area contributed by atoms with E-state index in [0.717, 1.165) is 33.3 Å². The maximum Gasteiger partial charge on any atom is 0.253 e. The van der Waals surface area contributed by atoms with E-state index < -0.39 is 0 Å². The Morgan fingerprint density at radius 2 is 1.87 bits per heavy atom. The molecule has 1 aliphatic heterocycles. The average molecular weight is 448 g/mol. The summed E-state index contributed by atoms with van der Waals surface area (Å²) in [6.45, 7) is 3.91. The first-order valence-electron chi connectivity index (χ1n) is 10.0. The molecule has 6 nitrogen and oxygen atoms in total. The molecule has 156 valence electrons. The SMILES string of the molecule is Cc1cc(C)n2nc(SCC(=O)N3c4ccccc4SC[C@H]3c3ccccc3)nc2n1. The van der Waals surface area contributed by atoms with Crippen molar-refractivity contribution in [1.29, 1.82) is 0 Å². The van der Waals surface area contributed by atoms with Crippen LogP contribution in [0.4, 0.5) is 5.69 Å². The molecule has 1 atom stereocenters. The van der Waals surface area contributed by atoms with Crippen molar-refractivity contribution in [2.75, 3.05) is 16.4 Å². The highest BCUT2D eigenvalue weighted by molar-refractivity contribution is 8.00. The van der Waals surface area contributed by atoms with Gasteiger partial charge in [-0.25, -0.2) is 9.50 Å². The maximum absolute atomic E-state index is 13.5. The second-order valence-electron chi connectivity index (χ2n) is 7.40. The summed E-state index contributed by atoms with van der Waals surface area (Å²) in [4.78, 5) is 25.5. The zero-order valence-corrected chi connectivity index (χ0v) is 18.9. The minimum atomic E-state index is -0.00483. The summed E-state index contributed by atoms with van der Waals surface area (Å²) in [7, 11) is 0. The Balaban J connectivity index is 1.42. The van der Waals surface area contributed by atoms with Crippen molar-refractivity contribution in [2.45, 2.75) is 29.9 Å². The number of aromatic nitrogens is 4. The van der Waals surface area contributed by atoms with E-state index in [9.17, 15) is 4.79 Å². The van der Waals surface area contributed by atoms with Crippen molar-refractivity contribution in [2.24, 2.45) is 0 Å². The van der Waals surface area contributed by atoms with E-state index in [2.05, 4.69) is 33.3 Å². The summed E-state index contributed by atoms with van der Waals surface area (Å²) in [6.07, 6.45) is 0. The Morgan fingerprint density at radius 3 is 2.71 bits per heavy atom. The molecular formula is C23H21N5OS2. The molecule has 4 aromatic rings. The third-order valence-corrected chi connectivity index (χ3v) is 7.17. The molecule has 0 aliphatic carbocycles. The summed E-state index contributed by atoms with van der Waals surface area (Å²) in [5, 5.41) is 5.08. The Labute approximate surface area is 189 Å². The number of hydrogen-bond donors (Lipinski definition) is 0. The smallest absolute Gasteiger partial charge is 0.253 e. The highest BCUT2D eigenvalue weighted by Gasteiger charge is 2.32. The number of thioether (sulfide) groups is 2. The second-order valence-corrected chi connectivity index (χ2v) is 9.41. The average Bonchev–Trinajstić information content (AvgIpc) is 3.20. The quantitative estimate of drug-likeness (QED) is 0.422. The van der Waals surface area contributed by atoms with E-state index in [4.69, 9.17) is 0 Å². The number of anilines is 1. The topological polar surface area (TPSA) is 63.4 Å². The van der Waals surface area contributed by atoms with E-state index in [-0.39, 0.29) is 17.7 Å². The van der Waals surface area contributed by atoms with Crippen LogP contribution < -0.4 is 4.90 Å². The number of fused-ring (bicyclic) bond motifs is 2. The van der Waals surface area contributed by atoms with Gasteiger partial charge in [0.1, 0.15) is 0 Å². The van der Waals surface area contributed by atoms with Gasteiger partial charge in [-0.05, 0) is 37.6 Å². The van der Waals surface area contributed by atoms with Gasteiger partial charge in [-0.1, -0.05) is 54.2 Å². The van der Waals surface area contributed by atoms with Gasteiger partial charge in [0, 0.05) is 22.0 Å². The lowest BCUT2D eigenvalue weighted by Crippen LogP contribution is -2.39. The van der Waals surface area contributed by atoms with Crippen molar-refractivity contribution in [3.05, 3.63) is 77.6 Å². The van der Waals surface area contributed by atoms with Crippen LogP contribution in [0.5, 0.6) is 0 Å². The zero-order chi connectivity index (χ0) is 21.4. The number of benzene rings is 2. The minimum Gasteiger partial charge on any atom is -0.302 e. The molecule has 2 aromatic carbocycles. The highest BCUT2D eigenvalue weighted by atomic mass is 32.2. The van der Waals surface area contributed by atoms with E-state index in [1.54, 1.807) is 16.3 Å². The monoisotopic (exact) mass is 447 g/mol. The molecular weight excluding hydrogens is 426 g/mol. The molecule has 0 bridgehead atoms. The Morgan fingerprint density at radius 1 is 1.10 bits per heavy atom. The van der Waals surface area contributed by atoms with E-state index in [0.29, 0.717) is 10.9 Å². The first-order chi connectivity index (χ1) is 15.1. The predicted molar refractivity (Wildman–Crippen MR) is 125 cm³/mol. The van der Waals surface area contributed by atoms with Crippen LogP contribution in [0.2, 0.25) is 0 Å². The molecule has 5 rings (SSSR count). The van der Waals surface area contributed by atoms with Crippen molar-refractivity contribution >= 4 is 40.9 Å². The maximum atomic E-state index is 13.5. The predicted octanol–water partition coefficient (Wildman–Crippen LogP) is 4.71. The van der Waals surface area contributed by atoms with Crippen LogP contribution in [0, 0.1) is 13.8 Å². The number of hydrogen-bond acceptors (Lipinski definition) is 6. The number of amides is 1. The van der Waals surface area contributed by atoms with Crippen LogP contribution in [0.25, 0.3) is 5.78 Å². The fourth-order valence-electron chi connectivity index (χ4n) is 3.82. The molecule has 31 heavy (non-hydrogen) atoms. The minimum absolute atomic E-state index is 0.00483. The van der Waals surface area contributed by atoms with Crippen molar-refractivity contribution in [1.82, 2.24) is 19.6 Å². The van der Waals surface area contributed by atoms with Gasteiger partial charge < -0.3 is 4.90 Å². The largest absolute Gasteiger partial charge is 0.302 e. The van der Waals surface area contributed by atoms with Gasteiger partial charge in [-0.15, -0.1) is 16.9 Å². The number of carbonyl (C=O) groups is 1. The first-order valence-corrected chi connectivity index (χ1v) is 12.0. The number of rotatable bonds is 4. The summed E-state index contributed by atoms with van der Waals surface area (Å²) < 4.78 is 1.72. The fourth-order valence-corrected chi connectivity index (χ4v) is 5.67. The first kappa shape index (κ1) is 20.1. The number of aryl methyl sites for hydroxylation is 2. The van der Waals surface area contributed by atoms with Crippen LogP contribution in [0.1, 0.15) is 23.0 Å². The van der Waals surface area contributed by atoms with Gasteiger partial charge in [-0.2, -0.15) is 4.98 Å². The van der Waals surface area contributed by atoms with Gasteiger partial charge in [0.25, 0.3) is 5.78 Å². The Bertz CT molecular complexity index is 1260. The molecule has 0 unspecified atom stereocenters. The third kappa shape index (κ3) is 3.93. The Hall–Kier alpha value is -2.84. The van der Waals surface area contributed by atoms with Crippen LogP contribution in [-0.2, 0) is 4.79 Å². The zero-order valence-electron chi connectivity index (χ0n) is 17.2. The van der Waals surface area contributed by atoms with Gasteiger partial charge in [0.2, 0.25) is 11.1 Å². The standard InChI is InChI=1S/C23H21N5OS2/c1-15-12-16(2)28-22(24-15)25-23(26-28)31-14-21(29)27-18-10-6-7-11-20(18)30-13-19(27)17-8-4-3-5-9-17/h3-12,19H,13-14H2,1-2H3/t19-/m0/s1. The lowest BCUT2D eigenvalue weighted by atomic mass is 10.1.